The van der Waals surface area contributed by atoms with Gasteiger partial charge in [-0.3, -0.25) is 4.79 Å². The molecule has 1 fully saturated rings. The molecule has 1 heterocycles. The smallest absolute Gasteiger partial charge is 0.223 e. The molecule has 1 amide bonds. The van der Waals surface area contributed by atoms with Crippen LogP contribution in [0.1, 0.15) is 19.3 Å². The number of hydrogen-bond donors (Lipinski definition) is 1. The highest BCUT2D eigenvalue weighted by Gasteiger charge is 2.22. The van der Waals surface area contributed by atoms with Crippen molar-refractivity contribution in [1.29, 1.82) is 0 Å². The van der Waals surface area contributed by atoms with Crippen LogP contribution < -0.4 is 10.1 Å². The zero-order chi connectivity index (χ0) is 15.9. The van der Waals surface area contributed by atoms with Crippen molar-refractivity contribution in [3.05, 3.63) is 28.2 Å². The minimum absolute atomic E-state index is 0. The van der Waals surface area contributed by atoms with E-state index in [2.05, 4.69) is 5.32 Å². The summed E-state index contributed by atoms with van der Waals surface area (Å²) in [6.45, 7) is 2.99. The monoisotopic (exact) mass is 380 g/mol. The van der Waals surface area contributed by atoms with Crippen LogP contribution in [0.15, 0.2) is 18.2 Å². The summed E-state index contributed by atoms with van der Waals surface area (Å²) < 4.78 is 5.79. The maximum atomic E-state index is 11.9. The first-order valence-electron chi connectivity index (χ1n) is 7.59. The molecule has 0 aromatic heterocycles. The number of carbonyl (C=O) groups is 1. The van der Waals surface area contributed by atoms with E-state index in [1.54, 1.807) is 18.2 Å². The molecule has 0 aliphatic carbocycles. The van der Waals surface area contributed by atoms with Crippen molar-refractivity contribution in [2.75, 3.05) is 33.3 Å². The fourth-order valence-corrected chi connectivity index (χ4v) is 3.07. The summed E-state index contributed by atoms with van der Waals surface area (Å²) in [7, 11) is 1.86. The fraction of sp³-hybridized carbons (Fsp3) is 0.562. The highest BCUT2D eigenvalue weighted by molar-refractivity contribution is 6.34. The van der Waals surface area contributed by atoms with Crippen LogP contribution in [-0.2, 0) is 4.79 Å². The molecule has 0 bridgehead atoms. The number of carbonyl (C=O) groups excluding carboxylic acids is 1. The Bertz CT molecular complexity index is 486. The van der Waals surface area contributed by atoms with E-state index < -0.39 is 0 Å². The summed E-state index contributed by atoms with van der Waals surface area (Å²) >= 11 is 11.9. The minimum Gasteiger partial charge on any atom is -0.493 e. The molecule has 130 valence electrons. The van der Waals surface area contributed by atoms with Crippen molar-refractivity contribution in [3.8, 4) is 5.75 Å². The average Bonchev–Trinajstić information content (AvgIpc) is 2.50. The van der Waals surface area contributed by atoms with Crippen LogP contribution in [0.3, 0.4) is 0 Å². The van der Waals surface area contributed by atoms with Crippen LogP contribution >= 0.6 is 35.6 Å². The molecule has 0 atom stereocenters. The predicted molar refractivity (Wildman–Crippen MR) is 97.1 cm³/mol. The molecule has 1 aliphatic rings. The number of ether oxygens (including phenoxy) is 1. The number of amides is 1. The first-order valence-corrected chi connectivity index (χ1v) is 8.35. The third kappa shape index (κ3) is 6.76. The molecular weight excluding hydrogens is 359 g/mol. The van der Waals surface area contributed by atoms with Crippen molar-refractivity contribution in [2.24, 2.45) is 5.92 Å². The van der Waals surface area contributed by atoms with E-state index in [1.807, 2.05) is 11.9 Å². The van der Waals surface area contributed by atoms with Gasteiger partial charge in [0, 0.05) is 36.1 Å². The quantitative estimate of drug-likeness (QED) is 0.818. The van der Waals surface area contributed by atoms with Crippen LogP contribution in [0, 0.1) is 5.92 Å². The third-order valence-corrected chi connectivity index (χ3v) is 4.31. The predicted octanol–water partition coefficient (Wildman–Crippen LogP) is 3.64. The molecule has 0 radical (unpaired) electrons. The Balaban J connectivity index is 0.00000264. The van der Waals surface area contributed by atoms with Gasteiger partial charge in [0.15, 0.2) is 0 Å². The molecule has 0 unspecified atom stereocenters. The van der Waals surface area contributed by atoms with Gasteiger partial charge in [0.25, 0.3) is 0 Å². The number of piperidine rings is 1. The Morgan fingerprint density at radius 1 is 1.26 bits per heavy atom. The van der Waals surface area contributed by atoms with Gasteiger partial charge in [-0.05, 0) is 44.0 Å². The maximum absolute atomic E-state index is 11.9. The van der Waals surface area contributed by atoms with E-state index in [-0.39, 0.29) is 18.3 Å². The summed E-state index contributed by atoms with van der Waals surface area (Å²) in [5.41, 5.74) is 0. The molecule has 1 aliphatic heterocycles. The van der Waals surface area contributed by atoms with Gasteiger partial charge in [-0.2, -0.15) is 0 Å². The van der Waals surface area contributed by atoms with Gasteiger partial charge < -0.3 is 15.0 Å². The lowest BCUT2D eigenvalue weighted by Gasteiger charge is -2.32. The Hall–Kier alpha value is -0.680. The van der Waals surface area contributed by atoms with Gasteiger partial charge >= 0.3 is 0 Å². The first kappa shape index (κ1) is 20.4. The summed E-state index contributed by atoms with van der Waals surface area (Å²) in [6.07, 6.45) is 2.51. The number of halogens is 3. The summed E-state index contributed by atoms with van der Waals surface area (Å²) in [4.78, 5) is 13.9. The van der Waals surface area contributed by atoms with Gasteiger partial charge in [-0.1, -0.05) is 23.2 Å². The molecule has 1 aromatic rings. The molecule has 23 heavy (non-hydrogen) atoms. The van der Waals surface area contributed by atoms with Gasteiger partial charge in [-0.15, -0.1) is 12.4 Å². The number of nitrogens with one attached hydrogen (secondary N) is 1. The molecule has 7 heteroatoms. The normalized spacial score (nSPS) is 15.2. The van der Waals surface area contributed by atoms with Gasteiger partial charge in [0.1, 0.15) is 5.75 Å². The van der Waals surface area contributed by atoms with E-state index in [9.17, 15) is 4.79 Å². The molecule has 0 spiro atoms. The number of benzene rings is 1. The lowest BCUT2D eigenvalue weighted by atomic mass is 9.97. The van der Waals surface area contributed by atoms with Gasteiger partial charge in [-0.25, -0.2) is 0 Å². The largest absolute Gasteiger partial charge is 0.493 e. The number of rotatable bonds is 6. The standard InChI is InChI=1S/C16H22Cl2N2O2.ClH/c1-19-5-2-16(21)20-6-3-12(4-7-20)11-22-15-9-13(17)8-14(18)10-15;/h8-10,12,19H,2-7,11H2,1H3;1H. The van der Waals surface area contributed by atoms with Crippen LogP contribution in [0.5, 0.6) is 5.75 Å². The summed E-state index contributed by atoms with van der Waals surface area (Å²) in [5, 5.41) is 4.16. The number of hydrogen-bond acceptors (Lipinski definition) is 3. The average molecular weight is 382 g/mol. The van der Waals surface area contributed by atoms with Crippen molar-refractivity contribution in [1.82, 2.24) is 10.2 Å². The zero-order valence-electron chi connectivity index (χ0n) is 13.2. The van der Waals surface area contributed by atoms with Gasteiger partial charge in [0.2, 0.25) is 5.91 Å². The van der Waals surface area contributed by atoms with E-state index in [4.69, 9.17) is 27.9 Å². The van der Waals surface area contributed by atoms with Crippen LogP contribution in [0.2, 0.25) is 10.0 Å². The molecule has 2 rings (SSSR count). The molecule has 1 N–H and O–H groups in total. The van der Waals surface area contributed by atoms with E-state index in [0.29, 0.717) is 34.7 Å². The van der Waals surface area contributed by atoms with Crippen molar-refractivity contribution in [3.63, 3.8) is 0 Å². The van der Waals surface area contributed by atoms with Crippen LogP contribution in [-0.4, -0.2) is 44.1 Å². The Labute approximate surface area is 153 Å². The Morgan fingerprint density at radius 3 is 2.43 bits per heavy atom. The van der Waals surface area contributed by atoms with E-state index in [1.165, 1.54) is 0 Å². The third-order valence-electron chi connectivity index (χ3n) is 3.88. The van der Waals surface area contributed by atoms with E-state index in [0.717, 1.165) is 32.5 Å². The lowest BCUT2D eigenvalue weighted by molar-refractivity contribution is -0.132. The molecule has 1 saturated heterocycles. The minimum atomic E-state index is 0. The second kappa shape index (κ2) is 10.2. The van der Waals surface area contributed by atoms with Crippen molar-refractivity contribution >= 4 is 41.5 Å². The second-order valence-corrected chi connectivity index (χ2v) is 6.47. The molecule has 1 aromatic carbocycles. The van der Waals surface area contributed by atoms with Crippen LogP contribution in [0.4, 0.5) is 0 Å². The lowest BCUT2D eigenvalue weighted by Crippen LogP contribution is -2.40. The van der Waals surface area contributed by atoms with E-state index >= 15 is 0 Å². The maximum Gasteiger partial charge on any atom is 0.223 e. The van der Waals surface area contributed by atoms with Crippen LogP contribution in [0.25, 0.3) is 0 Å². The number of likely N-dealkylation sites (tertiary alicyclic amines) is 1. The summed E-state index contributed by atoms with van der Waals surface area (Å²) in [5.74, 6) is 1.39. The zero-order valence-corrected chi connectivity index (χ0v) is 15.5. The topological polar surface area (TPSA) is 41.6 Å². The van der Waals surface area contributed by atoms with Crippen molar-refractivity contribution < 1.29 is 9.53 Å². The molecule has 4 nitrogen and oxygen atoms in total. The molecular formula is C16H23Cl3N2O2. The second-order valence-electron chi connectivity index (χ2n) is 5.59. The van der Waals surface area contributed by atoms with Gasteiger partial charge in [0.05, 0.1) is 6.61 Å². The Kier molecular flexibility index (Phi) is 9.07. The van der Waals surface area contributed by atoms with Crippen molar-refractivity contribution in [2.45, 2.75) is 19.3 Å². The highest BCUT2D eigenvalue weighted by atomic mass is 35.5. The fourth-order valence-electron chi connectivity index (χ4n) is 2.57. The SMILES string of the molecule is CNCCC(=O)N1CCC(COc2cc(Cl)cc(Cl)c2)CC1.Cl. The summed E-state index contributed by atoms with van der Waals surface area (Å²) in [6, 6.07) is 5.22. The first-order chi connectivity index (χ1) is 10.6. The number of nitrogens with zero attached hydrogens (tertiary/aromatic N) is 1. The highest BCUT2D eigenvalue weighted by Crippen LogP contribution is 2.26. The Morgan fingerprint density at radius 2 is 1.87 bits per heavy atom. The molecule has 0 saturated carbocycles.